The Labute approximate surface area is 128 Å². The summed E-state index contributed by atoms with van der Waals surface area (Å²) in [7, 11) is 0. The van der Waals surface area contributed by atoms with E-state index in [2.05, 4.69) is 12.2 Å². The Bertz CT molecular complexity index is 414. The molecule has 0 aliphatic heterocycles. The molecular weight excluding hydrogens is 266 g/mol. The van der Waals surface area contributed by atoms with Crippen molar-refractivity contribution in [3.05, 3.63) is 11.1 Å². The first-order valence-corrected chi connectivity index (χ1v) is 8.05. The molecule has 0 aromatic carbocycles. The standard InChI is InChI=1S/C17H29NO3/c1-5-6-7-8-13(4)18-16(19)14-9-11(2)12(3)10-15(14)17(20)21/h13-15H,5-10H2,1-4H3,(H,18,19)(H,20,21)/t13-,14-,15+/m1/s1. The second-order valence-electron chi connectivity index (χ2n) is 6.43. The zero-order valence-electron chi connectivity index (χ0n) is 13.7. The third-order valence-electron chi connectivity index (χ3n) is 4.55. The maximum absolute atomic E-state index is 12.4. The monoisotopic (exact) mass is 295 g/mol. The molecule has 4 nitrogen and oxygen atoms in total. The zero-order valence-corrected chi connectivity index (χ0v) is 13.7. The van der Waals surface area contributed by atoms with Gasteiger partial charge in [0.2, 0.25) is 5.91 Å². The number of carbonyl (C=O) groups is 2. The lowest BCUT2D eigenvalue weighted by molar-refractivity contribution is -0.147. The predicted octanol–water partition coefficient (Wildman–Crippen LogP) is 3.52. The summed E-state index contributed by atoms with van der Waals surface area (Å²) in [6.45, 7) is 8.12. The Morgan fingerprint density at radius 3 is 2.29 bits per heavy atom. The molecule has 0 aromatic rings. The minimum absolute atomic E-state index is 0.0988. The third kappa shape index (κ3) is 5.18. The van der Waals surface area contributed by atoms with Crippen molar-refractivity contribution in [3.8, 4) is 0 Å². The summed E-state index contributed by atoms with van der Waals surface area (Å²) in [5, 5.41) is 12.4. The van der Waals surface area contributed by atoms with Crippen molar-refractivity contribution in [2.75, 3.05) is 0 Å². The lowest BCUT2D eigenvalue weighted by Crippen LogP contribution is -2.43. The largest absolute Gasteiger partial charge is 0.481 e. The smallest absolute Gasteiger partial charge is 0.307 e. The fraction of sp³-hybridized carbons (Fsp3) is 0.765. The molecule has 0 radical (unpaired) electrons. The van der Waals surface area contributed by atoms with Crippen LogP contribution in [-0.4, -0.2) is 23.0 Å². The van der Waals surface area contributed by atoms with Crippen molar-refractivity contribution >= 4 is 11.9 Å². The molecule has 0 aromatic heterocycles. The number of unbranched alkanes of at least 4 members (excludes halogenated alkanes) is 2. The maximum Gasteiger partial charge on any atom is 0.307 e. The summed E-state index contributed by atoms with van der Waals surface area (Å²) in [4.78, 5) is 23.8. The van der Waals surface area contributed by atoms with Crippen LogP contribution in [0.2, 0.25) is 0 Å². The first kappa shape index (κ1) is 17.7. The van der Waals surface area contributed by atoms with Crippen LogP contribution in [0.25, 0.3) is 0 Å². The molecule has 0 saturated heterocycles. The van der Waals surface area contributed by atoms with Gasteiger partial charge in [0.15, 0.2) is 0 Å². The number of hydrogen-bond acceptors (Lipinski definition) is 2. The molecule has 0 heterocycles. The van der Waals surface area contributed by atoms with Crippen LogP contribution < -0.4 is 5.32 Å². The van der Waals surface area contributed by atoms with E-state index in [4.69, 9.17) is 0 Å². The highest BCUT2D eigenvalue weighted by Gasteiger charge is 2.37. The van der Waals surface area contributed by atoms with Crippen molar-refractivity contribution < 1.29 is 14.7 Å². The number of aliphatic carboxylic acids is 1. The van der Waals surface area contributed by atoms with Gasteiger partial charge in [-0.25, -0.2) is 0 Å². The zero-order chi connectivity index (χ0) is 16.0. The SMILES string of the molecule is CCCCC[C@@H](C)NC(=O)[C@@H]1CC(C)=C(C)C[C@@H]1C(=O)O. The number of amides is 1. The van der Waals surface area contributed by atoms with E-state index in [1.807, 2.05) is 20.8 Å². The van der Waals surface area contributed by atoms with Crippen LogP contribution in [0.1, 0.15) is 66.2 Å². The van der Waals surface area contributed by atoms with Crippen molar-refractivity contribution in [1.82, 2.24) is 5.32 Å². The summed E-state index contributed by atoms with van der Waals surface area (Å²) in [5.74, 6) is -1.98. The van der Waals surface area contributed by atoms with Crippen LogP contribution in [0, 0.1) is 11.8 Å². The number of carboxylic acids is 1. The fourth-order valence-electron chi connectivity index (χ4n) is 2.95. The van der Waals surface area contributed by atoms with E-state index in [0.29, 0.717) is 12.8 Å². The number of hydrogen-bond donors (Lipinski definition) is 2. The number of rotatable bonds is 7. The molecule has 1 rings (SSSR count). The molecule has 2 N–H and O–H groups in total. The molecule has 1 amide bonds. The van der Waals surface area contributed by atoms with Gasteiger partial charge in [-0.3, -0.25) is 9.59 Å². The molecule has 1 aliphatic rings. The second-order valence-corrected chi connectivity index (χ2v) is 6.43. The van der Waals surface area contributed by atoms with E-state index >= 15 is 0 Å². The van der Waals surface area contributed by atoms with Gasteiger partial charge >= 0.3 is 5.97 Å². The third-order valence-corrected chi connectivity index (χ3v) is 4.55. The highest BCUT2D eigenvalue weighted by molar-refractivity contribution is 5.85. The van der Waals surface area contributed by atoms with Crippen molar-refractivity contribution in [2.45, 2.75) is 72.3 Å². The first-order valence-electron chi connectivity index (χ1n) is 8.05. The van der Waals surface area contributed by atoms with Crippen molar-refractivity contribution in [1.29, 1.82) is 0 Å². The van der Waals surface area contributed by atoms with Crippen LogP contribution in [0.3, 0.4) is 0 Å². The molecule has 3 atom stereocenters. The van der Waals surface area contributed by atoms with Gasteiger partial charge in [-0.2, -0.15) is 0 Å². The van der Waals surface area contributed by atoms with Gasteiger partial charge in [0, 0.05) is 6.04 Å². The summed E-state index contributed by atoms with van der Waals surface area (Å²) >= 11 is 0. The van der Waals surface area contributed by atoms with Crippen LogP contribution in [0.15, 0.2) is 11.1 Å². The van der Waals surface area contributed by atoms with Gasteiger partial charge in [0.1, 0.15) is 0 Å². The molecule has 0 saturated carbocycles. The molecule has 0 fully saturated rings. The first-order chi connectivity index (χ1) is 9.86. The minimum Gasteiger partial charge on any atom is -0.481 e. The van der Waals surface area contributed by atoms with Gasteiger partial charge in [-0.15, -0.1) is 0 Å². The highest BCUT2D eigenvalue weighted by Crippen LogP contribution is 2.34. The van der Waals surface area contributed by atoms with E-state index in [9.17, 15) is 14.7 Å². The molecule has 120 valence electrons. The average molecular weight is 295 g/mol. The molecule has 1 aliphatic carbocycles. The van der Waals surface area contributed by atoms with Gasteiger partial charge in [0.25, 0.3) is 0 Å². The Morgan fingerprint density at radius 1 is 1.19 bits per heavy atom. The van der Waals surface area contributed by atoms with Gasteiger partial charge < -0.3 is 10.4 Å². The Hall–Kier alpha value is -1.32. The number of carbonyl (C=O) groups excluding carboxylic acids is 1. The second kappa shape index (κ2) is 8.20. The number of carboxylic acid groups (broad SMARTS) is 1. The van der Waals surface area contributed by atoms with Gasteiger partial charge in [-0.05, 0) is 40.0 Å². The highest BCUT2D eigenvalue weighted by atomic mass is 16.4. The molecular formula is C17H29NO3. The van der Waals surface area contributed by atoms with Crippen LogP contribution in [0.4, 0.5) is 0 Å². The van der Waals surface area contributed by atoms with Crippen LogP contribution >= 0.6 is 0 Å². The van der Waals surface area contributed by atoms with E-state index in [1.165, 1.54) is 6.42 Å². The number of nitrogens with one attached hydrogen (secondary N) is 1. The fourth-order valence-corrected chi connectivity index (χ4v) is 2.95. The van der Waals surface area contributed by atoms with Crippen molar-refractivity contribution in [2.24, 2.45) is 11.8 Å². The van der Waals surface area contributed by atoms with E-state index in [-0.39, 0.29) is 11.9 Å². The van der Waals surface area contributed by atoms with Crippen LogP contribution in [-0.2, 0) is 9.59 Å². The summed E-state index contributed by atoms with van der Waals surface area (Å²) in [5.41, 5.74) is 2.27. The van der Waals surface area contributed by atoms with E-state index in [1.54, 1.807) is 0 Å². The Morgan fingerprint density at radius 2 is 1.76 bits per heavy atom. The van der Waals surface area contributed by atoms with Crippen molar-refractivity contribution in [3.63, 3.8) is 0 Å². The number of allylic oxidation sites excluding steroid dienone is 2. The maximum atomic E-state index is 12.4. The van der Waals surface area contributed by atoms with Crippen LogP contribution in [0.5, 0.6) is 0 Å². The lowest BCUT2D eigenvalue weighted by atomic mass is 9.76. The normalized spacial score (nSPS) is 23.8. The van der Waals surface area contributed by atoms with Gasteiger partial charge in [0.05, 0.1) is 11.8 Å². The Kier molecular flexibility index (Phi) is 6.93. The average Bonchev–Trinajstić information content (AvgIpc) is 2.41. The summed E-state index contributed by atoms with van der Waals surface area (Å²) in [6.07, 6.45) is 5.44. The van der Waals surface area contributed by atoms with E-state index < -0.39 is 17.8 Å². The lowest BCUT2D eigenvalue weighted by Gasteiger charge is -2.30. The molecule has 0 unspecified atom stereocenters. The van der Waals surface area contributed by atoms with E-state index in [0.717, 1.165) is 30.4 Å². The molecule has 21 heavy (non-hydrogen) atoms. The quantitative estimate of drug-likeness (QED) is 0.558. The predicted molar refractivity (Wildman–Crippen MR) is 84.0 cm³/mol. The summed E-state index contributed by atoms with van der Waals surface area (Å²) < 4.78 is 0. The van der Waals surface area contributed by atoms with Gasteiger partial charge in [-0.1, -0.05) is 37.3 Å². The Balaban J connectivity index is 2.64. The topological polar surface area (TPSA) is 66.4 Å². The summed E-state index contributed by atoms with van der Waals surface area (Å²) in [6, 6.07) is 0.116. The molecule has 0 spiro atoms. The molecule has 0 bridgehead atoms. The minimum atomic E-state index is -0.861. The molecule has 4 heteroatoms.